The van der Waals surface area contributed by atoms with E-state index in [4.69, 9.17) is 5.84 Å². The average Bonchev–Trinajstić information content (AvgIpc) is 2.38. The molecule has 3 heteroatoms. The van der Waals surface area contributed by atoms with E-state index in [0.29, 0.717) is 0 Å². The highest BCUT2D eigenvalue weighted by molar-refractivity contribution is 8.00. The van der Waals surface area contributed by atoms with Gasteiger partial charge in [0.15, 0.2) is 0 Å². The van der Waals surface area contributed by atoms with Crippen LogP contribution in [0.15, 0.2) is 42.5 Å². The van der Waals surface area contributed by atoms with E-state index in [1.54, 1.807) is 0 Å². The van der Waals surface area contributed by atoms with Crippen molar-refractivity contribution in [2.45, 2.75) is 31.6 Å². The Morgan fingerprint density at radius 3 is 2.47 bits per heavy atom. The molecule has 0 aliphatic rings. The van der Waals surface area contributed by atoms with E-state index in [-0.39, 0.29) is 10.8 Å². The van der Waals surface area contributed by atoms with E-state index in [1.807, 2.05) is 11.8 Å². The summed E-state index contributed by atoms with van der Waals surface area (Å²) in [6.07, 6.45) is 0. The molecule has 0 heterocycles. The summed E-state index contributed by atoms with van der Waals surface area (Å²) >= 11 is 1.93. The van der Waals surface area contributed by atoms with Crippen LogP contribution in [0.5, 0.6) is 0 Å². The van der Waals surface area contributed by atoms with Crippen LogP contribution in [0.4, 0.5) is 0 Å². The van der Waals surface area contributed by atoms with Gasteiger partial charge in [-0.3, -0.25) is 11.3 Å². The van der Waals surface area contributed by atoms with Crippen LogP contribution in [-0.2, 0) is 0 Å². The van der Waals surface area contributed by atoms with E-state index in [0.717, 1.165) is 5.75 Å². The van der Waals surface area contributed by atoms with Crippen LogP contribution < -0.4 is 11.3 Å². The molecule has 0 fully saturated rings. The van der Waals surface area contributed by atoms with Crippen molar-refractivity contribution in [2.24, 2.45) is 5.84 Å². The number of rotatable bonds is 4. The number of hydrazine groups is 1. The average molecular weight is 274 g/mol. The molecule has 0 radical (unpaired) electrons. The van der Waals surface area contributed by atoms with Gasteiger partial charge in [-0.2, -0.15) is 11.8 Å². The smallest absolute Gasteiger partial charge is 0.0556 e. The predicted molar refractivity (Wildman–Crippen MR) is 86.2 cm³/mol. The summed E-state index contributed by atoms with van der Waals surface area (Å²) < 4.78 is 0.250. The van der Waals surface area contributed by atoms with Crippen LogP contribution in [0.2, 0.25) is 0 Å². The van der Waals surface area contributed by atoms with Gasteiger partial charge >= 0.3 is 0 Å². The Hall–Kier alpha value is -1.03. The maximum Gasteiger partial charge on any atom is 0.0556 e. The lowest BCUT2D eigenvalue weighted by Crippen LogP contribution is -2.31. The normalized spacial score (nSPS) is 13.7. The highest BCUT2D eigenvalue weighted by Crippen LogP contribution is 2.31. The number of nitrogens with two attached hydrogens (primary N) is 1. The Morgan fingerprint density at radius 1 is 1.11 bits per heavy atom. The zero-order valence-electron chi connectivity index (χ0n) is 11.8. The zero-order chi connectivity index (χ0) is 13.9. The summed E-state index contributed by atoms with van der Waals surface area (Å²) in [5.74, 6) is 6.73. The first kappa shape index (κ1) is 14.4. The SMILES string of the molecule is CC(C)(C)SCC(NN)c1cccc2ccccc12. The minimum atomic E-state index is 0.176. The number of hydrogen-bond donors (Lipinski definition) is 2. The van der Waals surface area contributed by atoms with Gasteiger partial charge in [0.05, 0.1) is 6.04 Å². The van der Waals surface area contributed by atoms with Crippen LogP contribution in [0.1, 0.15) is 32.4 Å². The standard InChI is InChI=1S/C16H22N2S/c1-16(2,3)19-11-15(18-17)14-10-6-8-12-7-4-5-9-13(12)14/h4-10,15,18H,11,17H2,1-3H3. The second-order valence-electron chi connectivity index (χ2n) is 5.71. The van der Waals surface area contributed by atoms with Crippen molar-refractivity contribution in [2.75, 3.05) is 5.75 Å². The van der Waals surface area contributed by atoms with E-state index in [9.17, 15) is 0 Å². The van der Waals surface area contributed by atoms with Crippen molar-refractivity contribution >= 4 is 22.5 Å². The van der Waals surface area contributed by atoms with Crippen molar-refractivity contribution in [3.05, 3.63) is 48.0 Å². The van der Waals surface area contributed by atoms with Crippen LogP contribution in [0, 0.1) is 0 Å². The van der Waals surface area contributed by atoms with Gasteiger partial charge in [0.2, 0.25) is 0 Å². The van der Waals surface area contributed by atoms with Gasteiger partial charge in [-0.1, -0.05) is 63.2 Å². The minimum absolute atomic E-state index is 0.176. The summed E-state index contributed by atoms with van der Waals surface area (Å²) in [4.78, 5) is 0. The number of fused-ring (bicyclic) bond motifs is 1. The van der Waals surface area contributed by atoms with Crippen LogP contribution >= 0.6 is 11.8 Å². The topological polar surface area (TPSA) is 38.0 Å². The second-order valence-corrected chi connectivity index (χ2v) is 7.56. The van der Waals surface area contributed by atoms with Crippen LogP contribution in [0.25, 0.3) is 10.8 Å². The summed E-state index contributed by atoms with van der Waals surface area (Å²) in [6.45, 7) is 6.69. The van der Waals surface area contributed by atoms with Crippen LogP contribution in [-0.4, -0.2) is 10.5 Å². The number of thioether (sulfide) groups is 1. The van der Waals surface area contributed by atoms with E-state index >= 15 is 0 Å². The molecule has 0 aromatic heterocycles. The molecule has 0 spiro atoms. The van der Waals surface area contributed by atoms with Gasteiger partial charge < -0.3 is 0 Å². The second kappa shape index (κ2) is 5.95. The molecule has 102 valence electrons. The molecule has 19 heavy (non-hydrogen) atoms. The maximum atomic E-state index is 5.76. The lowest BCUT2D eigenvalue weighted by atomic mass is 10.00. The van der Waals surface area contributed by atoms with Gasteiger partial charge in [0.1, 0.15) is 0 Å². The summed E-state index contributed by atoms with van der Waals surface area (Å²) in [5, 5.41) is 2.54. The van der Waals surface area contributed by atoms with Crippen molar-refractivity contribution in [1.29, 1.82) is 0 Å². The van der Waals surface area contributed by atoms with E-state index in [1.165, 1.54) is 16.3 Å². The fourth-order valence-electron chi connectivity index (χ4n) is 2.12. The van der Waals surface area contributed by atoms with Gasteiger partial charge in [-0.25, -0.2) is 0 Å². The zero-order valence-corrected chi connectivity index (χ0v) is 12.6. The van der Waals surface area contributed by atoms with Crippen molar-refractivity contribution < 1.29 is 0 Å². The van der Waals surface area contributed by atoms with Gasteiger partial charge in [-0.15, -0.1) is 0 Å². The molecule has 3 N–H and O–H groups in total. The fourth-order valence-corrected chi connectivity index (χ4v) is 3.06. The van der Waals surface area contributed by atoms with Gasteiger partial charge in [-0.05, 0) is 16.3 Å². The number of hydrogen-bond acceptors (Lipinski definition) is 3. The quantitative estimate of drug-likeness (QED) is 0.656. The molecule has 0 saturated heterocycles. The summed E-state index contributed by atoms with van der Waals surface area (Å²) in [6, 6.07) is 15.0. The molecule has 0 aliphatic heterocycles. The number of nitrogens with one attached hydrogen (secondary N) is 1. The Morgan fingerprint density at radius 2 is 1.79 bits per heavy atom. The molecule has 0 amide bonds. The highest BCUT2D eigenvalue weighted by Gasteiger charge is 2.17. The van der Waals surface area contributed by atoms with Crippen LogP contribution in [0.3, 0.4) is 0 Å². The summed E-state index contributed by atoms with van der Waals surface area (Å²) in [7, 11) is 0. The highest BCUT2D eigenvalue weighted by atomic mass is 32.2. The third-order valence-electron chi connectivity index (χ3n) is 3.08. The first-order chi connectivity index (χ1) is 9.01. The Balaban J connectivity index is 2.30. The molecular weight excluding hydrogens is 252 g/mol. The Bertz CT molecular complexity index is 540. The molecule has 2 rings (SSSR count). The lowest BCUT2D eigenvalue weighted by Gasteiger charge is -2.23. The molecule has 1 unspecified atom stereocenters. The molecule has 0 aliphatic carbocycles. The monoisotopic (exact) mass is 274 g/mol. The van der Waals surface area contributed by atoms with Gasteiger partial charge in [0, 0.05) is 10.5 Å². The maximum absolute atomic E-state index is 5.76. The van der Waals surface area contributed by atoms with Crippen molar-refractivity contribution in [3.63, 3.8) is 0 Å². The summed E-state index contributed by atoms with van der Waals surface area (Å²) in [5.41, 5.74) is 4.24. The molecule has 1 atom stereocenters. The largest absolute Gasteiger partial charge is 0.271 e. The van der Waals surface area contributed by atoms with Crippen molar-refractivity contribution in [1.82, 2.24) is 5.43 Å². The molecule has 2 aromatic rings. The first-order valence-corrected chi connectivity index (χ1v) is 7.57. The molecular formula is C16H22N2S. The Kier molecular flexibility index (Phi) is 4.50. The predicted octanol–water partition coefficient (Wildman–Crippen LogP) is 3.88. The minimum Gasteiger partial charge on any atom is -0.271 e. The first-order valence-electron chi connectivity index (χ1n) is 6.59. The van der Waals surface area contributed by atoms with E-state index < -0.39 is 0 Å². The molecule has 0 bridgehead atoms. The van der Waals surface area contributed by atoms with Gasteiger partial charge in [0.25, 0.3) is 0 Å². The molecule has 2 nitrogen and oxygen atoms in total. The fraction of sp³-hybridized carbons (Fsp3) is 0.375. The van der Waals surface area contributed by atoms with E-state index in [2.05, 4.69) is 68.7 Å². The Labute approximate surface area is 119 Å². The third-order valence-corrected chi connectivity index (χ3v) is 4.45. The molecule has 0 saturated carbocycles. The lowest BCUT2D eigenvalue weighted by molar-refractivity contribution is 0.611. The molecule has 2 aromatic carbocycles. The van der Waals surface area contributed by atoms with Crippen molar-refractivity contribution in [3.8, 4) is 0 Å². The number of benzene rings is 2. The third kappa shape index (κ3) is 3.72.